The monoisotopic (exact) mass is 930 g/mol. The molecule has 4 fully saturated rings. The SMILES string of the molecule is C#Cc1cccc(NC(=O)N2CCC3(CC2)NC(=O)N(c2nc(C)cs2)C3=O)c1.O=C(Cl)Oc1ccc([N+](=O)[O-])cc1.O=C1NC2(CCNCC2)C(=O)N1c1nc(C(F)(F)F)cs1. The molecular formula is C38H34ClF3N10O9S2. The number of carbonyl (C=O) groups excluding carboxylic acids is 6. The fraction of sp³-hybridized carbons (Fsp3) is 0.316. The summed E-state index contributed by atoms with van der Waals surface area (Å²) < 4.78 is 42.1. The van der Waals surface area contributed by atoms with Crippen molar-refractivity contribution in [1.82, 2.24) is 30.8 Å². The molecule has 4 aliphatic rings. The van der Waals surface area contributed by atoms with E-state index in [2.05, 4.69) is 41.9 Å². The Hall–Kier alpha value is -6.68. The Morgan fingerprint density at radius 1 is 0.921 bits per heavy atom. The minimum absolute atomic E-state index is 0.0747. The highest BCUT2D eigenvalue weighted by molar-refractivity contribution is 7.14. The van der Waals surface area contributed by atoms with E-state index in [0.717, 1.165) is 16.0 Å². The van der Waals surface area contributed by atoms with Gasteiger partial charge in [-0.15, -0.1) is 29.1 Å². The number of benzene rings is 2. The van der Waals surface area contributed by atoms with E-state index in [4.69, 9.17) is 18.0 Å². The standard InChI is InChI=1S/C20H19N5O3S.C11H11F3N4O2S.C7H4ClNO4/c1-3-14-5-4-6-15(11-14)22-17(27)24-9-7-20(8-10-24)16(26)25(18(28)23-20)19-21-13(2)12-29-19;12-11(13,14)6-5-21-9(16-6)18-7(19)10(17-8(18)20)1-3-15-4-2-10;8-7(10)13-6-3-1-5(2-4-6)9(11)12/h1,4-6,11-12H,7-10H2,2H3,(H,22,27)(H,23,28);5,15H,1-4H2,(H,17,20);1-4H. The number of nitrogens with one attached hydrogen (secondary N) is 4. The number of rotatable bonds is 5. The van der Waals surface area contributed by atoms with Crippen LogP contribution >= 0.6 is 34.3 Å². The lowest BCUT2D eigenvalue weighted by Gasteiger charge is -2.37. The van der Waals surface area contributed by atoms with E-state index in [1.165, 1.54) is 35.6 Å². The first-order chi connectivity index (χ1) is 29.8. The van der Waals surface area contributed by atoms with Crippen LogP contribution in [0.5, 0.6) is 5.75 Å². The van der Waals surface area contributed by atoms with Crippen molar-refractivity contribution >= 4 is 91.2 Å². The second-order valence-corrected chi connectivity index (χ2v) is 16.1. The molecule has 0 aliphatic carbocycles. The molecule has 0 radical (unpaired) electrons. The fourth-order valence-corrected chi connectivity index (χ4v) is 8.48. The van der Waals surface area contributed by atoms with Crippen molar-refractivity contribution in [3.63, 3.8) is 0 Å². The zero-order valence-electron chi connectivity index (χ0n) is 32.7. The van der Waals surface area contributed by atoms with E-state index >= 15 is 0 Å². The molecule has 4 aromatic rings. The fourth-order valence-electron chi connectivity index (χ4n) is 6.77. The van der Waals surface area contributed by atoms with Gasteiger partial charge in [0.1, 0.15) is 16.8 Å². The van der Waals surface area contributed by atoms with Gasteiger partial charge in [-0.2, -0.15) is 13.2 Å². The van der Waals surface area contributed by atoms with E-state index < -0.39 is 51.3 Å². The van der Waals surface area contributed by atoms with Crippen molar-refractivity contribution in [2.24, 2.45) is 0 Å². The summed E-state index contributed by atoms with van der Waals surface area (Å²) in [6.45, 7) is 3.62. The van der Waals surface area contributed by atoms with Crippen LogP contribution in [0.15, 0.2) is 59.3 Å². The molecule has 4 saturated heterocycles. The number of piperidine rings is 2. The smallest absolute Gasteiger partial charge is 0.414 e. The van der Waals surface area contributed by atoms with Crippen molar-refractivity contribution in [3.05, 3.63) is 86.4 Å². The molecule has 8 rings (SSSR count). The number of imide groups is 2. The van der Waals surface area contributed by atoms with Gasteiger partial charge in [0.05, 0.1) is 10.6 Å². The Labute approximate surface area is 368 Å². The molecule has 63 heavy (non-hydrogen) atoms. The Kier molecular flexibility index (Phi) is 13.6. The number of anilines is 3. The maximum atomic E-state index is 13.0. The number of alkyl halides is 3. The minimum Gasteiger partial charge on any atom is -0.414 e. The molecule has 0 bridgehead atoms. The number of aromatic nitrogens is 2. The van der Waals surface area contributed by atoms with Crippen LogP contribution < -0.4 is 35.8 Å². The number of nitrogens with zero attached hydrogens (tertiary/aromatic N) is 6. The number of nitro benzene ring substituents is 1. The van der Waals surface area contributed by atoms with Crippen LogP contribution in [0.3, 0.4) is 0 Å². The molecule has 2 aromatic heterocycles. The summed E-state index contributed by atoms with van der Waals surface area (Å²) in [6, 6.07) is 10.6. The number of hydrogen-bond acceptors (Lipinski definition) is 14. The van der Waals surface area contributed by atoms with Gasteiger partial charge in [0.25, 0.3) is 17.5 Å². The Morgan fingerprint density at radius 3 is 2.00 bits per heavy atom. The quantitative estimate of drug-likeness (QED) is 0.0573. The summed E-state index contributed by atoms with van der Waals surface area (Å²) in [5.74, 6) is 1.86. The number of terminal acetylenes is 1. The third-order valence-electron chi connectivity index (χ3n) is 9.98. The van der Waals surface area contributed by atoms with Crippen LogP contribution in [0.25, 0.3) is 0 Å². The van der Waals surface area contributed by atoms with Crippen molar-refractivity contribution in [2.45, 2.75) is 49.9 Å². The van der Waals surface area contributed by atoms with Gasteiger partial charge in [0.2, 0.25) is 10.3 Å². The number of nitro groups is 1. The first kappa shape index (κ1) is 45.8. The van der Waals surface area contributed by atoms with Crippen LogP contribution in [-0.4, -0.2) is 92.4 Å². The third-order valence-corrected chi connectivity index (χ3v) is 11.8. The normalized spacial score (nSPS) is 17.5. The lowest BCUT2D eigenvalue weighted by molar-refractivity contribution is -0.384. The first-order valence-corrected chi connectivity index (χ1v) is 20.7. The molecule has 8 amide bonds. The van der Waals surface area contributed by atoms with Gasteiger partial charge >= 0.3 is 29.7 Å². The van der Waals surface area contributed by atoms with Crippen LogP contribution in [0.2, 0.25) is 0 Å². The molecule has 25 heteroatoms. The largest absolute Gasteiger partial charge is 0.434 e. The molecule has 0 saturated carbocycles. The molecule has 4 N–H and O–H groups in total. The topological polar surface area (TPSA) is 238 Å². The van der Waals surface area contributed by atoms with Gasteiger partial charge in [0, 0.05) is 58.8 Å². The molecule has 330 valence electrons. The highest BCUT2D eigenvalue weighted by Crippen LogP contribution is 2.37. The molecule has 6 heterocycles. The number of amides is 8. The van der Waals surface area contributed by atoms with Crippen molar-refractivity contribution in [2.75, 3.05) is 41.3 Å². The highest BCUT2D eigenvalue weighted by Gasteiger charge is 2.55. The summed E-state index contributed by atoms with van der Waals surface area (Å²) in [4.78, 5) is 93.4. The second kappa shape index (κ2) is 18.7. The van der Waals surface area contributed by atoms with E-state index in [1.807, 2.05) is 6.92 Å². The number of urea groups is 3. The van der Waals surface area contributed by atoms with Gasteiger partial charge in [-0.05, 0) is 76.0 Å². The Morgan fingerprint density at radius 2 is 1.49 bits per heavy atom. The average molecular weight is 931 g/mol. The summed E-state index contributed by atoms with van der Waals surface area (Å²) in [5, 5.41) is 24.2. The van der Waals surface area contributed by atoms with Gasteiger partial charge < -0.3 is 30.9 Å². The summed E-state index contributed by atoms with van der Waals surface area (Å²) in [6.07, 6.45) is 2.30. The molecule has 0 unspecified atom stereocenters. The number of halogens is 4. The Bertz CT molecular complexity index is 2480. The zero-order chi connectivity index (χ0) is 45.7. The second-order valence-electron chi connectivity index (χ2n) is 14.1. The molecule has 2 spiro atoms. The van der Waals surface area contributed by atoms with Crippen LogP contribution in [0.4, 0.5) is 54.0 Å². The predicted octanol–water partition coefficient (Wildman–Crippen LogP) is 6.23. The average Bonchev–Trinajstić information content (AvgIpc) is 4.01. The van der Waals surface area contributed by atoms with Crippen molar-refractivity contribution in [1.29, 1.82) is 0 Å². The van der Waals surface area contributed by atoms with Crippen molar-refractivity contribution < 1.29 is 51.6 Å². The van der Waals surface area contributed by atoms with E-state index in [0.29, 0.717) is 84.5 Å². The molecule has 19 nitrogen and oxygen atoms in total. The number of carbonyl (C=O) groups is 6. The van der Waals surface area contributed by atoms with Gasteiger partial charge in [-0.3, -0.25) is 19.7 Å². The van der Waals surface area contributed by atoms with E-state index in [-0.39, 0.29) is 28.5 Å². The van der Waals surface area contributed by atoms with Gasteiger partial charge in [-0.25, -0.2) is 38.9 Å². The Balaban J connectivity index is 0.000000170. The third kappa shape index (κ3) is 10.3. The zero-order valence-corrected chi connectivity index (χ0v) is 35.1. The number of hydrogen-bond donors (Lipinski definition) is 4. The maximum absolute atomic E-state index is 13.0. The van der Waals surface area contributed by atoms with Crippen LogP contribution in [0, 0.1) is 29.4 Å². The minimum atomic E-state index is -4.60. The number of thiazole rings is 2. The molecular weight excluding hydrogens is 897 g/mol. The first-order valence-electron chi connectivity index (χ1n) is 18.6. The lowest BCUT2D eigenvalue weighted by Crippen LogP contribution is -2.56. The predicted molar refractivity (Wildman–Crippen MR) is 223 cm³/mol. The summed E-state index contributed by atoms with van der Waals surface area (Å²) in [7, 11) is 0. The maximum Gasteiger partial charge on any atom is 0.434 e. The van der Waals surface area contributed by atoms with E-state index in [1.54, 1.807) is 34.5 Å². The number of ether oxygens (including phenoxy) is 1. The van der Waals surface area contributed by atoms with Crippen molar-refractivity contribution in [3.8, 4) is 18.1 Å². The summed E-state index contributed by atoms with van der Waals surface area (Å²) >= 11 is 6.80. The lowest BCUT2D eigenvalue weighted by atomic mass is 9.87. The van der Waals surface area contributed by atoms with Crippen LogP contribution in [0.1, 0.15) is 42.6 Å². The molecule has 4 aliphatic heterocycles. The van der Waals surface area contributed by atoms with E-state index in [9.17, 15) is 52.1 Å². The van der Waals surface area contributed by atoms with Gasteiger partial charge in [-0.1, -0.05) is 12.0 Å². The number of likely N-dealkylation sites (tertiary alicyclic amines) is 1. The number of aryl methyl sites for hydroxylation is 1. The van der Waals surface area contributed by atoms with Gasteiger partial charge in [0.15, 0.2) is 5.69 Å². The molecule has 0 atom stereocenters. The molecule has 2 aromatic carbocycles. The summed E-state index contributed by atoms with van der Waals surface area (Å²) in [5.41, 5.74) is -2.12. The highest BCUT2D eigenvalue weighted by atomic mass is 35.5. The number of non-ortho nitro benzene ring substituents is 1. The van der Waals surface area contributed by atoms with Crippen LogP contribution in [-0.2, 0) is 15.8 Å².